The Balaban J connectivity index is 2.59. The summed E-state index contributed by atoms with van der Waals surface area (Å²) in [6, 6.07) is 8.34. The van der Waals surface area contributed by atoms with Gasteiger partial charge in [-0.1, -0.05) is 15.9 Å². The predicted molar refractivity (Wildman–Crippen MR) is 86.9 cm³/mol. The Hall–Kier alpha value is -0.940. The predicted octanol–water partition coefficient (Wildman–Crippen LogP) is 4.61. The Morgan fingerprint density at radius 3 is 2.65 bits per heavy atom. The number of benzene rings is 1. The summed E-state index contributed by atoms with van der Waals surface area (Å²) < 4.78 is 26.1. The highest BCUT2D eigenvalue weighted by molar-refractivity contribution is 9.11. The van der Waals surface area contributed by atoms with Gasteiger partial charge in [0.05, 0.1) is 4.90 Å². The zero-order valence-electron chi connectivity index (χ0n) is 9.88. The van der Waals surface area contributed by atoms with E-state index in [0.717, 1.165) is 0 Å². The van der Waals surface area contributed by atoms with Gasteiger partial charge >= 0.3 is 0 Å². The van der Waals surface area contributed by atoms with Crippen LogP contribution in [0.5, 0.6) is 0 Å². The summed E-state index contributed by atoms with van der Waals surface area (Å²) >= 11 is 7.88. The molecule has 1 heterocycles. The molecule has 0 aliphatic carbocycles. The first-order chi connectivity index (χ1) is 9.45. The fourth-order valence-electron chi connectivity index (χ4n) is 1.48. The molecule has 102 valence electrons. The number of thiophene rings is 1. The van der Waals surface area contributed by atoms with Crippen molar-refractivity contribution in [1.29, 1.82) is 5.26 Å². The monoisotopic (exact) mass is 431 g/mol. The molecule has 0 aliphatic rings. The summed E-state index contributed by atoms with van der Waals surface area (Å²) in [4.78, 5) is -0.218. The molecular formula is C13H7Br2NO2S2. The highest BCUT2D eigenvalue weighted by Gasteiger charge is 2.23. The molecule has 0 saturated carbocycles. The van der Waals surface area contributed by atoms with Gasteiger partial charge in [-0.25, -0.2) is 8.42 Å². The fourth-order valence-corrected chi connectivity index (χ4v) is 4.75. The molecule has 0 bridgehead atoms. The Morgan fingerprint density at radius 1 is 1.30 bits per heavy atom. The molecule has 2 aromatic rings. The number of sulfone groups is 1. The van der Waals surface area contributed by atoms with E-state index in [1.54, 1.807) is 29.6 Å². The van der Waals surface area contributed by atoms with Crippen LogP contribution < -0.4 is 0 Å². The summed E-state index contributed by atoms with van der Waals surface area (Å²) in [5, 5.41) is 12.8. The molecule has 0 saturated heterocycles. The summed E-state index contributed by atoms with van der Waals surface area (Å²) in [5.41, 5.74) is 0.696. The molecule has 3 nitrogen and oxygen atoms in total. The average Bonchev–Trinajstić information content (AvgIpc) is 2.91. The topological polar surface area (TPSA) is 57.9 Å². The molecule has 0 atom stereocenters. The zero-order chi connectivity index (χ0) is 14.8. The van der Waals surface area contributed by atoms with Crippen molar-refractivity contribution >= 4 is 59.1 Å². The van der Waals surface area contributed by atoms with Gasteiger partial charge in [-0.15, -0.1) is 0 Å². The van der Waals surface area contributed by atoms with E-state index >= 15 is 0 Å². The minimum Gasteiger partial charge on any atom is -0.218 e. The number of hydrogen-bond donors (Lipinski definition) is 0. The van der Waals surface area contributed by atoms with Crippen molar-refractivity contribution in [3.63, 3.8) is 0 Å². The Morgan fingerprint density at radius 2 is 2.05 bits per heavy atom. The number of allylic oxidation sites excluding steroid dienone is 1. The molecule has 0 radical (unpaired) electrons. The van der Waals surface area contributed by atoms with Crippen LogP contribution >= 0.6 is 43.2 Å². The van der Waals surface area contributed by atoms with E-state index in [1.807, 2.05) is 5.38 Å². The van der Waals surface area contributed by atoms with Crippen molar-refractivity contribution in [2.24, 2.45) is 0 Å². The van der Waals surface area contributed by atoms with Gasteiger partial charge in [0.2, 0.25) is 9.84 Å². The van der Waals surface area contributed by atoms with E-state index in [-0.39, 0.29) is 9.80 Å². The van der Waals surface area contributed by atoms with Gasteiger partial charge in [0.25, 0.3) is 0 Å². The maximum atomic E-state index is 12.5. The lowest BCUT2D eigenvalue weighted by Crippen LogP contribution is -2.04. The van der Waals surface area contributed by atoms with Crippen molar-refractivity contribution in [2.45, 2.75) is 4.90 Å². The van der Waals surface area contributed by atoms with E-state index in [4.69, 9.17) is 5.26 Å². The van der Waals surface area contributed by atoms with Crippen LogP contribution in [0.25, 0.3) is 6.08 Å². The standard InChI is InChI=1S/C13H7Br2NO2S2/c14-10-1-2-12(15)13(6-10)20(17,18)11(7-16)5-9-3-4-19-8-9/h1-6,8H/b11-5+. The van der Waals surface area contributed by atoms with Crippen LogP contribution in [0.1, 0.15) is 5.56 Å². The van der Waals surface area contributed by atoms with Gasteiger partial charge in [0.15, 0.2) is 0 Å². The van der Waals surface area contributed by atoms with Gasteiger partial charge in [-0.3, -0.25) is 0 Å². The number of nitriles is 1. The second kappa shape index (κ2) is 6.22. The maximum Gasteiger partial charge on any atom is 0.217 e. The molecule has 20 heavy (non-hydrogen) atoms. The van der Waals surface area contributed by atoms with Crippen molar-refractivity contribution in [2.75, 3.05) is 0 Å². The van der Waals surface area contributed by atoms with Crippen LogP contribution in [0.4, 0.5) is 0 Å². The molecule has 2 rings (SSSR count). The third-order valence-electron chi connectivity index (χ3n) is 2.42. The molecule has 7 heteroatoms. The third kappa shape index (κ3) is 3.20. The van der Waals surface area contributed by atoms with E-state index in [9.17, 15) is 8.42 Å². The fraction of sp³-hybridized carbons (Fsp3) is 0. The largest absolute Gasteiger partial charge is 0.218 e. The molecule has 1 aromatic heterocycles. The lowest BCUT2D eigenvalue weighted by molar-refractivity contribution is 0.603. The summed E-state index contributed by atoms with van der Waals surface area (Å²) in [5.74, 6) is 0. The normalized spacial score (nSPS) is 12.2. The molecule has 0 aliphatic heterocycles. The number of rotatable bonds is 3. The minimum atomic E-state index is -3.85. The lowest BCUT2D eigenvalue weighted by Gasteiger charge is -2.06. The maximum absolute atomic E-state index is 12.5. The lowest BCUT2D eigenvalue weighted by atomic mass is 10.3. The SMILES string of the molecule is N#C/C(=C\c1ccsc1)S(=O)(=O)c1cc(Br)ccc1Br. The van der Waals surface area contributed by atoms with E-state index in [0.29, 0.717) is 14.5 Å². The van der Waals surface area contributed by atoms with Crippen LogP contribution in [-0.4, -0.2) is 8.42 Å². The van der Waals surface area contributed by atoms with Crippen molar-refractivity contribution in [3.8, 4) is 6.07 Å². The summed E-state index contributed by atoms with van der Waals surface area (Å²) in [7, 11) is -3.85. The Labute approximate surface area is 137 Å². The molecule has 0 fully saturated rings. The first kappa shape index (κ1) is 15.4. The van der Waals surface area contributed by atoms with Crippen LogP contribution in [0.3, 0.4) is 0 Å². The van der Waals surface area contributed by atoms with Gasteiger partial charge in [-0.2, -0.15) is 16.6 Å². The van der Waals surface area contributed by atoms with E-state index < -0.39 is 9.84 Å². The summed E-state index contributed by atoms with van der Waals surface area (Å²) in [6.07, 6.45) is 1.37. The number of halogens is 2. The van der Waals surface area contributed by atoms with Crippen LogP contribution in [0, 0.1) is 11.3 Å². The molecule has 0 N–H and O–H groups in total. The quantitative estimate of drug-likeness (QED) is 0.665. The smallest absolute Gasteiger partial charge is 0.217 e. The van der Waals surface area contributed by atoms with Crippen LogP contribution in [0.2, 0.25) is 0 Å². The van der Waals surface area contributed by atoms with Crippen molar-refractivity contribution in [1.82, 2.24) is 0 Å². The molecule has 0 unspecified atom stereocenters. The number of hydrogen-bond acceptors (Lipinski definition) is 4. The van der Waals surface area contributed by atoms with Crippen molar-refractivity contribution in [3.05, 3.63) is 54.4 Å². The third-order valence-corrected chi connectivity index (χ3v) is 6.28. The molecular weight excluding hydrogens is 426 g/mol. The zero-order valence-corrected chi connectivity index (χ0v) is 14.7. The Bertz CT molecular complexity index is 803. The highest BCUT2D eigenvalue weighted by Crippen LogP contribution is 2.30. The first-order valence-corrected chi connectivity index (χ1v) is 9.30. The second-order valence-electron chi connectivity index (χ2n) is 3.76. The molecule has 0 spiro atoms. The second-order valence-corrected chi connectivity index (χ2v) is 8.19. The van der Waals surface area contributed by atoms with Crippen LogP contribution in [-0.2, 0) is 9.84 Å². The van der Waals surface area contributed by atoms with Gasteiger partial charge in [0.1, 0.15) is 11.0 Å². The van der Waals surface area contributed by atoms with E-state index in [2.05, 4.69) is 31.9 Å². The van der Waals surface area contributed by atoms with Crippen molar-refractivity contribution < 1.29 is 8.42 Å². The molecule has 0 amide bonds. The Kier molecular flexibility index (Phi) is 4.81. The highest BCUT2D eigenvalue weighted by atomic mass is 79.9. The van der Waals surface area contributed by atoms with Gasteiger partial charge in [-0.05, 0) is 62.6 Å². The minimum absolute atomic E-state index is 0.0647. The van der Waals surface area contributed by atoms with Crippen LogP contribution in [0.15, 0.2) is 53.8 Å². The average molecular weight is 433 g/mol. The molecule has 1 aromatic carbocycles. The summed E-state index contributed by atoms with van der Waals surface area (Å²) in [6.45, 7) is 0. The number of nitrogens with zero attached hydrogens (tertiary/aromatic N) is 1. The van der Waals surface area contributed by atoms with Gasteiger partial charge < -0.3 is 0 Å². The van der Waals surface area contributed by atoms with Gasteiger partial charge in [0, 0.05) is 8.95 Å². The first-order valence-electron chi connectivity index (χ1n) is 5.29. The van der Waals surface area contributed by atoms with E-state index in [1.165, 1.54) is 23.5 Å².